The topological polar surface area (TPSA) is 20.2 Å². The Kier molecular flexibility index (Phi) is 3.95. The van der Waals surface area contributed by atoms with Crippen LogP contribution in [0.3, 0.4) is 0 Å². The molecule has 0 aliphatic heterocycles. The summed E-state index contributed by atoms with van der Waals surface area (Å²) in [5.74, 6) is 0. The molecule has 0 bridgehead atoms. The van der Waals surface area contributed by atoms with Crippen LogP contribution < -0.4 is 0 Å². The van der Waals surface area contributed by atoms with Gasteiger partial charge in [0.2, 0.25) is 0 Å². The molecule has 2 heteroatoms. The van der Waals surface area contributed by atoms with Gasteiger partial charge in [0.25, 0.3) is 0 Å². The van der Waals surface area contributed by atoms with Crippen molar-refractivity contribution in [1.82, 2.24) is 0 Å². The third kappa shape index (κ3) is 2.43. The van der Waals surface area contributed by atoms with E-state index in [-0.39, 0.29) is 0 Å². The largest absolute Gasteiger partial charge is 0.385 e. The fourth-order valence-electron chi connectivity index (χ4n) is 3.66. The van der Waals surface area contributed by atoms with Crippen molar-refractivity contribution in [2.24, 2.45) is 0 Å². The molecule has 0 amide bonds. The van der Waals surface area contributed by atoms with E-state index in [0.717, 1.165) is 31.2 Å². The van der Waals surface area contributed by atoms with Gasteiger partial charge < -0.3 is 5.11 Å². The Morgan fingerprint density at radius 3 is 2.35 bits per heavy atom. The minimum Gasteiger partial charge on any atom is -0.385 e. The Morgan fingerprint density at radius 2 is 1.65 bits per heavy atom. The number of rotatable bonds is 3. The fraction of sp³-hybridized carbons (Fsp3) is 0.444. The highest BCUT2D eigenvalue weighted by Gasteiger charge is 2.32. The van der Waals surface area contributed by atoms with Gasteiger partial charge in [0, 0.05) is 10.2 Å². The van der Waals surface area contributed by atoms with Crippen molar-refractivity contribution in [2.75, 3.05) is 0 Å². The van der Waals surface area contributed by atoms with Crippen LogP contribution in [-0.2, 0) is 12.0 Å². The Morgan fingerprint density at radius 1 is 0.950 bits per heavy atom. The quantitative estimate of drug-likeness (QED) is 0.857. The molecule has 0 saturated heterocycles. The molecule has 2 aromatic carbocycles. The predicted molar refractivity (Wildman–Crippen MR) is 89.4 cm³/mol. The average molecular weight is 284 g/mol. The van der Waals surface area contributed by atoms with E-state index in [1.54, 1.807) is 0 Å². The second kappa shape index (κ2) is 5.70. The summed E-state index contributed by atoms with van der Waals surface area (Å²) in [6.07, 6.45) is 6.55. The zero-order valence-electron chi connectivity index (χ0n) is 12.4. The van der Waals surface area contributed by atoms with Gasteiger partial charge in [-0.3, -0.25) is 0 Å². The first-order chi connectivity index (χ1) is 9.74. The Bertz CT molecular complexity index is 599. The Balaban J connectivity index is 2.14. The Labute approximate surface area is 124 Å². The molecule has 2 aromatic rings. The summed E-state index contributed by atoms with van der Waals surface area (Å²) in [5.41, 5.74) is 2.00. The van der Waals surface area contributed by atoms with Crippen LogP contribution in [0.5, 0.6) is 0 Å². The minimum atomic E-state index is -0.600. The van der Waals surface area contributed by atoms with E-state index in [1.165, 1.54) is 45.5 Å². The van der Waals surface area contributed by atoms with Crippen LogP contribution in [0.15, 0.2) is 36.4 Å². The van der Waals surface area contributed by atoms with Gasteiger partial charge in [-0.1, -0.05) is 61.7 Å². The first-order valence-corrected chi connectivity index (χ1v) is 9.39. The Hall–Kier alpha value is -1.12. The molecule has 3 rings (SSSR count). The number of aryl methyl sites for hydroxylation is 1. The lowest BCUT2D eigenvalue weighted by Crippen LogP contribution is -2.28. The summed E-state index contributed by atoms with van der Waals surface area (Å²) in [6.45, 7) is 0. The van der Waals surface area contributed by atoms with Crippen molar-refractivity contribution >= 4 is 21.0 Å². The lowest BCUT2D eigenvalue weighted by atomic mass is 9.77. The highest BCUT2D eigenvalue weighted by Crippen LogP contribution is 2.40. The second-order valence-electron chi connectivity index (χ2n) is 6.16. The highest BCUT2D eigenvalue weighted by molar-refractivity contribution is 6.08. The van der Waals surface area contributed by atoms with Gasteiger partial charge in [-0.2, -0.15) is 0 Å². The molecule has 20 heavy (non-hydrogen) atoms. The van der Waals surface area contributed by atoms with Crippen molar-refractivity contribution in [3.05, 3.63) is 47.5 Å². The van der Waals surface area contributed by atoms with Crippen LogP contribution >= 0.6 is 0 Å². The van der Waals surface area contributed by atoms with Gasteiger partial charge in [-0.15, -0.1) is 0 Å². The predicted octanol–water partition coefficient (Wildman–Crippen LogP) is 3.32. The molecule has 1 fully saturated rings. The molecule has 0 unspecified atom stereocenters. The van der Waals surface area contributed by atoms with Crippen LogP contribution in [0.25, 0.3) is 10.8 Å². The van der Waals surface area contributed by atoms with Gasteiger partial charge in [-0.05, 0) is 41.2 Å². The number of fused-ring (bicyclic) bond motifs is 1. The van der Waals surface area contributed by atoms with Crippen LogP contribution in [0.4, 0.5) is 0 Å². The maximum atomic E-state index is 11.1. The second-order valence-corrected chi connectivity index (χ2v) is 7.16. The molecule has 0 radical (unpaired) electrons. The van der Waals surface area contributed by atoms with Gasteiger partial charge in [0.05, 0.1) is 5.60 Å². The molecular formula is C18H24OSi. The average Bonchev–Trinajstić information content (AvgIpc) is 2.48. The van der Waals surface area contributed by atoms with Crippen LogP contribution in [0.1, 0.15) is 43.2 Å². The van der Waals surface area contributed by atoms with E-state index in [9.17, 15) is 5.11 Å². The third-order valence-corrected chi connectivity index (χ3v) is 5.22. The van der Waals surface area contributed by atoms with Crippen LogP contribution in [-0.4, -0.2) is 15.3 Å². The van der Waals surface area contributed by atoms with Crippen LogP contribution in [0.2, 0.25) is 6.04 Å². The summed E-state index contributed by atoms with van der Waals surface area (Å²) in [5, 5.41) is 13.7. The van der Waals surface area contributed by atoms with E-state index in [1.807, 2.05) is 0 Å². The van der Waals surface area contributed by atoms with Crippen molar-refractivity contribution < 1.29 is 5.11 Å². The standard InChI is InChI=1S/C18H24OSi/c19-18(11-4-1-5-12-18)17-9-8-14(10-13-20)15-6-2-3-7-16(15)17/h2-3,6-9,19H,1,4-5,10-13H2,20H3. The summed E-state index contributed by atoms with van der Waals surface area (Å²) >= 11 is 0. The molecular weight excluding hydrogens is 260 g/mol. The zero-order valence-corrected chi connectivity index (χ0v) is 14.4. The number of hydrogen-bond acceptors (Lipinski definition) is 1. The third-order valence-electron chi connectivity index (χ3n) is 4.72. The first kappa shape index (κ1) is 13.8. The maximum Gasteiger partial charge on any atom is 0.0902 e. The van der Waals surface area contributed by atoms with Gasteiger partial charge in [0.15, 0.2) is 0 Å². The summed E-state index contributed by atoms with van der Waals surface area (Å²) in [4.78, 5) is 0. The van der Waals surface area contributed by atoms with Gasteiger partial charge in [-0.25, -0.2) is 0 Å². The number of benzene rings is 2. The summed E-state index contributed by atoms with van der Waals surface area (Å²) < 4.78 is 0. The summed E-state index contributed by atoms with van der Waals surface area (Å²) in [7, 11) is 1.25. The summed E-state index contributed by atoms with van der Waals surface area (Å²) in [6, 6.07) is 14.4. The van der Waals surface area contributed by atoms with E-state index in [0.29, 0.717) is 0 Å². The molecule has 1 aliphatic carbocycles. The molecule has 0 heterocycles. The molecule has 1 nitrogen and oxygen atoms in total. The number of hydrogen-bond donors (Lipinski definition) is 1. The normalized spacial score (nSPS) is 18.4. The maximum absolute atomic E-state index is 11.1. The molecule has 1 saturated carbocycles. The van der Waals surface area contributed by atoms with E-state index < -0.39 is 5.60 Å². The van der Waals surface area contributed by atoms with E-state index >= 15 is 0 Å². The molecule has 0 aromatic heterocycles. The first-order valence-electron chi connectivity index (χ1n) is 7.98. The van der Waals surface area contributed by atoms with Crippen molar-refractivity contribution in [3.8, 4) is 0 Å². The minimum absolute atomic E-state index is 0.600. The molecule has 0 atom stereocenters. The monoisotopic (exact) mass is 284 g/mol. The highest BCUT2D eigenvalue weighted by atomic mass is 28.1. The van der Waals surface area contributed by atoms with E-state index in [4.69, 9.17) is 0 Å². The molecule has 1 N–H and O–H groups in total. The van der Waals surface area contributed by atoms with Gasteiger partial charge >= 0.3 is 0 Å². The lowest BCUT2D eigenvalue weighted by molar-refractivity contribution is 0.000756. The molecule has 106 valence electrons. The lowest BCUT2D eigenvalue weighted by Gasteiger charge is -2.33. The molecule has 1 aliphatic rings. The van der Waals surface area contributed by atoms with Gasteiger partial charge in [0.1, 0.15) is 0 Å². The van der Waals surface area contributed by atoms with E-state index in [2.05, 4.69) is 36.4 Å². The fourth-order valence-corrected chi connectivity index (χ4v) is 4.20. The van der Waals surface area contributed by atoms with Crippen molar-refractivity contribution in [3.63, 3.8) is 0 Å². The van der Waals surface area contributed by atoms with Crippen molar-refractivity contribution in [2.45, 2.75) is 50.2 Å². The smallest absolute Gasteiger partial charge is 0.0902 e. The number of aliphatic hydroxyl groups is 1. The SMILES string of the molecule is OC1(c2ccc(CC[SiH3])c3ccccc23)CCCCC1. The zero-order chi connectivity index (χ0) is 14.0. The van der Waals surface area contributed by atoms with Crippen molar-refractivity contribution in [1.29, 1.82) is 0 Å². The van der Waals surface area contributed by atoms with Crippen LogP contribution in [0, 0.1) is 0 Å². The molecule has 0 spiro atoms.